The van der Waals surface area contributed by atoms with Crippen molar-refractivity contribution in [3.63, 3.8) is 0 Å². The van der Waals surface area contributed by atoms with Gasteiger partial charge in [-0.3, -0.25) is 0 Å². The van der Waals surface area contributed by atoms with Gasteiger partial charge in [0.2, 0.25) is 0 Å². The molecule has 100 valence electrons. The highest BCUT2D eigenvalue weighted by Crippen LogP contribution is 2.31. The third-order valence-corrected chi connectivity index (χ3v) is 2.94. The molecule has 2 aliphatic heterocycles. The van der Waals surface area contributed by atoms with Crippen molar-refractivity contribution < 1.29 is 19.3 Å². The first-order valence-corrected chi connectivity index (χ1v) is 5.57. The maximum Gasteiger partial charge on any atom is 0.173 e. The molecule has 0 saturated carbocycles. The molecule has 0 unspecified atom stereocenters. The van der Waals surface area contributed by atoms with Crippen LogP contribution >= 0.6 is 0 Å². The predicted molar refractivity (Wildman–Crippen MR) is 63.0 cm³/mol. The van der Waals surface area contributed by atoms with Gasteiger partial charge < -0.3 is 25.6 Å². The first-order valence-electron chi connectivity index (χ1n) is 5.57. The summed E-state index contributed by atoms with van der Waals surface area (Å²) >= 11 is 0. The fourth-order valence-electron chi connectivity index (χ4n) is 2.00. The number of hydrogen-bond acceptors (Lipinski definition) is 6. The zero-order chi connectivity index (χ0) is 13.4. The largest absolute Gasteiger partial charge is 0.391 e. The van der Waals surface area contributed by atoms with Crippen LogP contribution in [0.4, 0.5) is 4.39 Å². The normalized spacial score (nSPS) is 37.9. The third kappa shape index (κ3) is 2.12. The number of aliphatic hydroxyl groups is 2. The van der Waals surface area contributed by atoms with Crippen molar-refractivity contribution in [2.24, 2.45) is 10.7 Å². The number of aliphatic hydroxyl groups excluding tert-OH is 2. The molecule has 0 bridgehead atoms. The molecule has 1 saturated heterocycles. The Morgan fingerprint density at radius 2 is 2.33 bits per heavy atom. The van der Waals surface area contributed by atoms with E-state index in [0.717, 1.165) is 0 Å². The Kier molecular flexibility index (Phi) is 3.38. The maximum absolute atomic E-state index is 14.0. The minimum atomic E-state index is -1.67. The number of ether oxygens (including phenoxy) is 1. The second-order valence-corrected chi connectivity index (χ2v) is 4.34. The molecule has 7 heteroatoms. The molecule has 18 heavy (non-hydrogen) atoms. The van der Waals surface area contributed by atoms with E-state index in [-0.39, 0.29) is 11.7 Å². The smallest absolute Gasteiger partial charge is 0.173 e. The zero-order valence-corrected chi connectivity index (χ0v) is 9.90. The summed E-state index contributed by atoms with van der Waals surface area (Å²) < 4.78 is 19.3. The van der Waals surface area contributed by atoms with Gasteiger partial charge in [0, 0.05) is 6.20 Å². The molecule has 0 aromatic heterocycles. The molecule has 2 aliphatic rings. The monoisotopic (exact) mass is 257 g/mol. The Hall–Kier alpha value is -1.44. The van der Waals surface area contributed by atoms with Crippen LogP contribution in [0.3, 0.4) is 0 Å². The molecule has 6 nitrogen and oxygen atoms in total. The Morgan fingerprint density at radius 1 is 1.67 bits per heavy atom. The number of halogens is 1. The molecule has 0 radical (unpaired) electrons. The molecule has 0 aromatic carbocycles. The number of rotatable bonds is 2. The van der Waals surface area contributed by atoms with Gasteiger partial charge in [-0.15, -0.1) is 0 Å². The van der Waals surface area contributed by atoms with Crippen LogP contribution in [0.2, 0.25) is 0 Å². The van der Waals surface area contributed by atoms with Crippen LogP contribution in [0.5, 0.6) is 0 Å². The molecular weight excluding hydrogens is 241 g/mol. The number of alkyl halides is 1. The molecule has 5 atom stereocenters. The third-order valence-electron chi connectivity index (χ3n) is 2.94. The minimum absolute atomic E-state index is 0.223. The molecule has 0 spiro atoms. The molecule has 0 aliphatic carbocycles. The predicted octanol–water partition coefficient (Wildman–Crippen LogP) is -0.551. The van der Waals surface area contributed by atoms with Crippen molar-refractivity contribution in [3.8, 4) is 0 Å². The lowest BCUT2D eigenvalue weighted by Gasteiger charge is -2.29. The lowest BCUT2D eigenvalue weighted by atomic mass is 10.1. The van der Waals surface area contributed by atoms with Gasteiger partial charge in [-0.1, -0.05) is 6.58 Å². The summed E-state index contributed by atoms with van der Waals surface area (Å²) in [6.07, 6.45) is -3.11. The molecule has 0 aromatic rings. The fraction of sp³-hybridized carbons (Fsp3) is 0.545. The average molecular weight is 257 g/mol. The molecule has 4 N–H and O–H groups in total. The van der Waals surface area contributed by atoms with E-state index in [1.807, 2.05) is 0 Å². The van der Waals surface area contributed by atoms with E-state index in [4.69, 9.17) is 10.5 Å². The first kappa shape index (κ1) is 13.0. The van der Waals surface area contributed by atoms with E-state index < -0.39 is 30.7 Å². The van der Waals surface area contributed by atoms with Crippen molar-refractivity contribution in [2.75, 3.05) is 0 Å². The topological polar surface area (TPSA) is 91.3 Å². The average Bonchev–Trinajstić information content (AvgIpc) is 2.57. The Bertz CT molecular complexity index is 410. The summed E-state index contributed by atoms with van der Waals surface area (Å²) in [5.74, 6) is 0.485. The quantitative estimate of drug-likeness (QED) is 0.617. The van der Waals surface area contributed by atoms with Crippen molar-refractivity contribution in [1.82, 2.24) is 4.90 Å². The van der Waals surface area contributed by atoms with Gasteiger partial charge in [-0.05, 0) is 13.0 Å². The van der Waals surface area contributed by atoms with Gasteiger partial charge in [-0.25, -0.2) is 9.38 Å². The van der Waals surface area contributed by atoms with Gasteiger partial charge in [0.05, 0.1) is 6.10 Å². The van der Waals surface area contributed by atoms with Crippen LogP contribution in [-0.2, 0) is 4.74 Å². The van der Waals surface area contributed by atoms with Crippen molar-refractivity contribution >= 4 is 5.84 Å². The van der Waals surface area contributed by atoms with Crippen LogP contribution < -0.4 is 5.73 Å². The summed E-state index contributed by atoms with van der Waals surface area (Å²) in [5.41, 5.74) is 5.48. The van der Waals surface area contributed by atoms with Crippen LogP contribution in [0.15, 0.2) is 29.7 Å². The highest BCUT2D eigenvalue weighted by atomic mass is 19.1. The van der Waals surface area contributed by atoms with Crippen LogP contribution in [0, 0.1) is 0 Å². The molecule has 2 heterocycles. The summed E-state index contributed by atoms with van der Waals surface area (Å²) in [5, 5.41) is 19.1. The fourth-order valence-corrected chi connectivity index (χ4v) is 2.00. The molecule has 0 amide bonds. The standard InChI is InChI=1S/C11H16FN3O3/c1-5(16)10-9(17)8(12)11(18-10)15-4-3-7(13)14-6(15)2/h3-5,8-11,16-17H,2H2,1H3,(H2,13,14)/t5-,8+,9-,10+,11+/m0/s1. The zero-order valence-electron chi connectivity index (χ0n) is 9.90. The first-order chi connectivity index (χ1) is 8.41. The van der Waals surface area contributed by atoms with E-state index in [1.54, 1.807) is 0 Å². The highest BCUT2D eigenvalue weighted by Gasteiger charge is 2.48. The van der Waals surface area contributed by atoms with Crippen LogP contribution in [-0.4, -0.2) is 51.7 Å². The van der Waals surface area contributed by atoms with E-state index in [1.165, 1.54) is 24.1 Å². The SMILES string of the molecule is C=C1N=C(N)C=CN1[C@@H]1O[C@H]([C@H](C)O)[C@@H](O)[C@H]1F. The van der Waals surface area contributed by atoms with Gasteiger partial charge in [-0.2, -0.15) is 0 Å². The second-order valence-electron chi connectivity index (χ2n) is 4.34. The Morgan fingerprint density at radius 3 is 2.83 bits per heavy atom. The van der Waals surface area contributed by atoms with E-state index in [0.29, 0.717) is 0 Å². The summed E-state index contributed by atoms with van der Waals surface area (Å²) in [6.45, 7) is 5.07. The van der Waals surface area contributed by atoms with E-state index in [9.17, 15) is 14.6 Å². The number of hydrogen-bond donors (Lipinski definition) is 3. The number of nitrogens with zero attached hydrogens (tertiary/aromatic N) is 2. The van der Waals surface area contributed by atoms with Crippen molar-refractivity contribution in [2.45, 2.75) is 37.6 Å². The van der Waals surface area contributed by atoms with Gasteiger partial charge in [0.15, 0.2) is 12.4 Å². The summed E-state index contributed by atoms with van der Waals surface area (Å²) in [6, 6.07) is 0. The molecular formula is C11H16FN3O3. The molecule has 1 fully saturated rings. The lowest BCUT2D eigenvalue weighted by molar-refractivity contribution is -0.0867. The number of aliphatic imine (C=N–C) groups is 1. The summed E-state index contributed by atoms with van der Waals surface area (Å²) in [7, 11) is 0. The maximum atomic E-state index is 14.0. The highest BCUT2D eigenvalue weighted by molar-refractivity contribution is 5.92. The number of amidine groups is 1. The number of nitrogens with two attached hydrogens (primary N) is 1. The van der Waals surface area contributed by atoms with Gasteiger partial charge in [0.25, 0.3) is 0 Å². The van der Waals surface area contributed by atoms with E-state index in [2.05, 4.69) is 11.6 Å². The van der Waals surface area contributed by atoms with Gasteiger partial charge in [0.1, 0.15) is 23.9 Å². The second kappa shape index (κ2) is 4.68. The summed E-state index contributed by atoms with van der Waals surface area (Å²) in [4.78, 5) is 5.23. The minimum Gasteiger partial charge on any atom is -0.391 e. The lowest BCUT2D eigenvalue weighted by Crippen LogP contribution is -2.39. The van der Waals surface area contributed by atoms with Crippen molar-refractivity contribution in [1.29, 1.82) is 0 Å². The molecule has 2 rings (SSSR count). The van der Waals surface area contributed by atoms with Gasteiger partial charge >= 0.3 is 0 Å². The van der Waals surface area contributed by atoms with Crippen molar-refractivity contribution in [3.05, 3.63) is 24.7 Å². The van der Waals surface area contributed by atoms with Crippen LogP contribution in [0.1, 0.15) is 6.92 Å². The van der Waals surface area contributed by atoms with Crippen LogP contribution in [0.25, 0.3) is 0 Å². The Labute approximate surface area is 104 Å². The Balaban J connectivity index is 2.16. The van der Waals surface area contributed by atoms with E-state index >= 15 is 0 Å².